The summed E-state index contributed by atoms with van der Waals surface area (Å²) in [4.78, 5) is 12.7. The molecule has 1 aliphatic rings. The molecule has 0 aromatic heterocycles. The molecule has 0 spiro atoms. The van der Waals surface area contributed by atoms with Gasteiger partial charge in [0.15, 0.2) is 0 Å². The van der Waals surface area contributed by atoms with Gasteiger partial charge >= 0.3 is 0 Å². The summed E-state index contributed by atoms with van der Waals surface area (Å²) in [6.45, 7) is 13.0. The van der Waals surface area contributed by atoms with Crippen LogP contribution in [0.2, 0.25) is 0 Å². The summed E-state index contributed by atoms with van der Waals surface area (Å²) in [7, 11) is 0. The SMILES string of the molecule is C=C/C=C1\C(=C/C)C(=O)NC1(/C(C=C)=C/C=C(/O)C=C)c1ccc(O)cc1. The highest BCUT2D eigenvalue weighted by molar-refractivity contribution is 6.04. The number of hydrogen-bond donors (Lipinski definition) is 3. The average Bonchev–Trinajstić information content (AvgIpc) is 2.95. The average molecular weight is 361 g/mol. The van der Waals surface area contributed by atoms with E-state index in [0.29, 0.717) is 16.7 Å². The van der Waals surface area contributed by atoms with Crippen molar-refractivity contribution >= 4 is 5.91 Å². The zero-order valence-corrected chi connectivity index (χ0v) is 15.3. The molecule has 0 bridgehead atoms. The molecule has 3 N–H and O–H groups in total. The summed E-state index contributed by atoms with van der Waals surface area (Å²) < 4.78 is 0. The van der Waals surface area contributed by atoms with Gasteiger partial charge in [-0.05, 0) is 47.9 Å². The highest BCUT2D eigenvalue weighted by atomic mass is 16.3. The van der Waals surface area contributed by atoms with Crippen molar-refractivity contribution in [2.24, 2.45) is 0 Å². The standard InChI is InChI=1S/C23H23NO3/c1-5-9-21-20(8-4)22(27)24-23(21,17-11-14-19(26)15-12-17)16(6-2)10-13-18(25)7-3/h5-15,25-26H,1-3H2,4H3,(H,24,27)/b16-10+,18-13+,20-8+,21-9+. The van der Waals surface area contributed by atoms with Gasteiger partial charge in [0.2, 0.25) is 0 Å². The summed E-state index contributed by atoms with van der Waals surface area (Å²) in [6, 6.07) is 6.58. The van der Waals surface area contributed by atoms with Gasteiger partial charge < -0.3 is 15.5 Å². The van der Waals surface area contributed by atoms with Gasteiger partial charge in [0.05, 0.1) is 0 Å². The van der Waals surface area contributed by atoms with E-state index in [4.69, 9.17) is 0 Å². The molecule has 1 heterocycles. The summed E-state index contributed by atoms with van der Waals surface area (Å²) in [5.74, 6) is -0.129. The second kappa shape index (κ2) is 8.23. The molecule has 1 unspecified atom stereocenters. The van der Waals surface area contributed by atoms with Gasteiger partial charge in [0, 0.05) is 5.57 Å². The molecule has 1 atom stereocenters. The number of aromatic hydroxyl groups is 1. The van der Waals surface area contributed by atoms with E-state index in [1.54, 1.807) is 61.6 Å². The summed E-state index contributed by atoms with van der Waals surface area (Å²) in [5.41, 5.74) is 1.55. The predicted octanol–water partition coefficient (Wildman–Crippen LogP) is 4.52. The second-order valence-electron chi connectivity index (χ2n) is 5.89. The Labute approximate surface area is 159 Å². The maximum Gasteiger partial charge on any atom is 0.252 e. The zero-order chi connectivity index (χ0) is 20.0. The van der Waals surface area contributed by atoms with Crippen molar-refractivity contribution in [3.05, 3.63) is 115 Å². The van der Waals surface area contributed by atoms with E-state index in [1.165, 1.54) is 12.2 Å². The van der Waals surface area contributed by atoms with E-state index in [-0.39, 0.29) is 17.4 Å². The maximum atomic E-state index is 12.7. The Morgan fingerprint density at radius 1 is 1.11 bits per heavy atom. The number of carbonyl (C=O) groups is 1. The molecular weight excluding hydrogens is 338 g/mol. The Hall–Kier alpha value is -3.53. The first kappa shape index (κ1) is 19.8. The lowest BCUT2D eigenvalue weighted by Crippen LogP contribution is -2.41. The van der Waals surface area contributed by atoms with Crippen molar-refractivity contribution in [2.45, 2.75) is 12.5 Å². The van der Waals surface area contributed by atoms with Gasteiger partial charge in [0.1, 0.15) is 17.0 Å². The summed E-state index contributed by atoms with van der Waals surface area (Å²) in [5, 5.41) is 22.5. The van der Waals surface area contributed by atoms with E-state index in [9.17, 15) is 15.0 Å². The summed E-state index contributed by atoms with van der Waals surface area (Å²) in [6.07, 6.45) is 11.2. The number of phenolic OH excluding ortho intramolecular Hbond substituents is 1. The van der Waals surface area contributed by atoms with Crippen molar-refractivity contribution < 1.29 is 15.0 Å². The largest absolute Gasteiger partial charge is 0.508 e. The molecule has 0 aliphatic carbocycles. The van der Waals surface area contributed by atoms with Crippen LogP contribution in [-0.2, 0) is 10.3 Å². The lowest BCUT2D eigenvalue weighted by Gasteiger charge is -2.33. The molecule has 1 amide bonds. The fraction of sp³-hybridized carbons (Fsp3) is 0.0870. The first-order valence-corrected chi connectivity index (χ1v) is 8.42. The van der Waals surface area contributed by atoms with Crippen LogP contribution in [-0.4, -0.2) is 16.1 Å². The lowest BCUT2D eigenvalue weighted by atomic mass is 9.76. The maximum absolute atomic E-state index is 12.7. The number of rotatable bonds is 6. The Balaban J connectivity index is 2.88. The number of benzene rings is 1. The van der Waals surface area contributed by atoms with Crippen LogP contribution in [0.3, 0.4) is 0 Å². The van der Waals surface area contributed by atoms with Crippen LogP contribution in [0.1, 0.15) is 12.5 Å². The highest BCUT2D eigenvalue weighted by Gasteiger charge is 2.48. The molecule has 27 heavy (non-hydrogen) atoms. The molecule has 1 aromatic rings. The Kier molecular flexibility index (Phi) is 6.03. The number of aliphatic hydroxyl groups is 1. The van der Waals surface area contributed by atoms with E-state index in [2.05, 4.69) is 25.1 Å². The molecule has 0 radical (unpaired) electrons. The minimum Gasteiger partial charge on any atom is -0.508 e. The first-order valence-electron chi connectivity index (χ1n) is 8.42. The van der Waals surface area contributed by atoms with Gasteiger partial charge in [-0.2, -0.15) is 0 Å². The fourth-order valence-corrected chi connectivity index (χ4v) is 3.17. The number of allylic oxidation sites excluding steroid dienone is 6. The number of hydrogen-bond acceptors (Lipinski definition) is 3. The normalized spacial score (nSPS) is 23.4. The number of nitrogens with one attached hydrogen (secondary N) is 1. The Bertz CT molecular complexity index is 898. The molecule has 1 saturated heterocycles. The number of aliphatic hydroxyl groups excluding tert-OH is 1. The first-order chi connectivity index (χ1) is 12.9. The molecular formula is C23H23NO3. The third kappa shape index (κ3) is 3.55. The number of phenols is 1. The van der Waals surface area contributed by atoms with Gasteiger partial charge in [-0.1, -0.05) is 62.2 Å². The molecule has 0 saturated carbocycles. The van der Waals surface area contributed by atoms with E-state index in [1.807, 2.05) is 0 Å². The van der Waals surface area contributed by atoms with E-state index < -0.39 is 5.54 Å². The van der Waals surface area contributed by atoms with Crippen LogP contribution < -0.4 is 5.32 Å². The third-order valence-corrected chi connectivity index (χ3v) is 4.41. The molecule has 4 nitrogen and oxygen atoms in total. The minimum absolute atomic E-state index is 0.0139. The third-order valence-electron chi connectivity index (χ3n) is 4.41. The van der Waals surface area contributed by atoms with Gasteiger partial charge in [-0.3, -0.25) is 4.79 Å². The predicted molar refractivity (Wildman–Crippen MR) is 109 cm³/mol. The lowest BCUT2D eigenvalue weighted by molar-refractivity contribution is -0.117. The Morgan fingerprint density at radius 2 is 1.78 bits per heavy atom. The number of amides is 1. The van der Waals surface area contributed by atoms with E-state index in [0.717, 1.165) is 5.56 Å². The second-order valence-corrected chi connectivity index (χ2v) is 5.89. The topological polar surface area (TPSA) is 69.6 Å². The van der Waals surface area contributed by atoms with Crippen LogP contribution in [0, 0.1) is 0 Å². The van der Waals surface area contributed by atoms with Crippen molar-refractivity contribution in [3.8, 4) is 5.75 Å². The number of carbonyl (C=O) groups excluding carboxylic acids is 1. The van der Waals surface area contributed by atoms with Gasteiger partial charge in [0.25, 0.3) is 5.91 Å². The van der Waals surface area contributed by atoms with E-state index >= 15 is 0 Å². The quantitative estimate of drug-likeness (QED) is 0.396. The smallest absolute Gasteiger partial charge is 0.252 e. The fourth-order valence-electron chi connectivity index (χ4n) is 3.17. The van der Waals surface area contributed by atoms with Crippen molar-refractivity contribution in [1.82, 2.24) is 5.32 Å². The van der Waals surface area contributed by atoms with Gasteiger partial charge in [-0.15, -0.1) is 0 Å². The monoisotopic (exact) mass is 361 g/mol. The van der Waals surface area contributed by atoms with Crippen LogP contribution >= 0.6 is 0 Å². The summed E-state index contributed by atoms with van der Waals surface area (Å²) >= 11 is 0. The highest BCUT2D eigenvalue weighted by Crippen LogP contribution is 2.45. The Morgan fingerprint density at radius 3 is 2.30 bits per heavy atom. The molecule has 138 valence electrons. The van der Waals surface area contributed by atoms with Crippen LogP contribution in [0.15, 0.2) is 109 Å². The van der Waals surface area contributed by atoms with Crippen LogP contribution in [0.4, 0.5) is 0 Å². The molecule has 4 heteroatoms. The van der Waals surface area contributed by atoms with Gasteiger partial charge in [-0.25, -0.2) is 0 Å². The zero-order valence-electron chi connectivity index (χ0n) is 15.3. The minimum atomic E-state index is -1.04. The van der Waals surface area contributed by atoms with Crippen molar-refractivity contribution in [1.29, 1.82) is 0 Å². The van der Waals surface area contributed by atoms with Crippen LogP contribution in [0.25, 0.3) is 0 Å². The van der Waals surface area contributed by atoms with Crippen molar-refractivity contribution in [2.75, 3.05) is 0 Å². The van der Waals surface area contributed by atoms with Crippen molar-refractivity contribution in [3.63, 3.8) is 0 Å². The molecule has 1 aliphatic heterocycles. The van der Waals surface area contributed by atoms with Crippen LogP contribution in [0.5, 0.6) is 5.75 Å². The molecule has 1 aromatic carbocycles. The molecule has 2 rings (SSSR count). The molecule has 1 fully saturated rings.